The van der Waals surface area contributed by atoms with Crippen molar-refractivity contribution < 1.29 is 0 Å². The number of nitrogens with zero attached hydrogens (tertiary/aromatic N) is 1. The van der Waals surface area contributed by atoms with E-state index in [0.717, 1.165) is 11.1 Å². The summed E-state index contributed by atoms with van der Waals surface area (Å²) in [7, 11) is 0. The van der Waals surface area contributed by atoms with Gasteiger partial charge in [0.05, 0.1) is 4.99 Å². The Labute approximate surface area is 55.8 Å². The molecule has 0 unspecified atom stereocenters. The summed E-state index contributed by atoms with van der Waals surface area (Å²) in [5.74, 6) is 0. The third-order valence-electron chi connectivity index (χ3n) is 1.57. The third-order valence-corrected chi connectivity index (χ3v) is 1.57. The van der Waals surface area contributed by atoms with Gasteiger partial charge in [0.15, 0.2) is 0 Å². The topological polar surface area (TPSA) is 14.1 Å². The van der Waals surface area contributed by atoms with E-state index in [4.69, 9.17) is 0 Å². The molecule has 3 radical (unpaired) electrons. The van der Waals surface area contributed by atoms with Crippen LogP contribution >= 0.6 is 0 Å². The van der Waals surface area contributed by atoms with Crippen molar-refractivity contribution in [1.29, 1.82) is 0 Å². The van der Waals surface area contributed by atoms with E-state index in [9.17, 15) is 0 Å². The standard InChI is InChI=1S/C8H9N/c1-6-4-9-5-7(2)8(6)3/h1-3H3/q+1. The first kappa shape index (κ1) is 6.27. The zero-order chi connectivity index (χ0) is 6.85. The SMILES string of the molecule is CC1=[C][N+]=[C]C(C)=C1C. The lowest BCUT2D eigenvalue weighted by atomic mass is 10.0. The van der Waals surface area contributed by atoms with E-state index in [-0.39, 0.29) is 0 Å². The van der Waals surface area contributed by atoms with Crippen LogP contribution in [0.1, 0.15) is 20.8 Å². The number of allylic oxidation sites excluding steroid dienone is 3. The molecule has 0 aromatic heterocycles. The summed E-state index contributed by atoms with van der Waals surface area (Å²) in [4.78, 5) is 3.79. The zero-order valence-corrected chi connectivity index (χ0v) is 5.95. The average Bonchev–Trinajstić information content (AvgIpc) is 1.83. The molecule has 0 aromatic carbocycles. The van der Waals surface area contributed by atoms with E-state index < -0.39 is 0 Å². The normalized spacial score (nSPS) is 18.3. The van der Waals surface area contributed by atoms with Crippen LogP contribution in [0.25, 0.3) is 0 Å². The Morgan fingerprint density at radius 3 is 2.33 bits per heavy atom. The van der Waals surface area contributed by atoms with Crippen molar-refractivity contribution in [2.24, 2.45) is 0 Å². The van der Waals surface area contributed by atoms with Crippen molar-refractivity contribution in [2.45, 2.75) is 20.8 Å². The Kier molecular flexibility index (Phi) is 1.52. The van der Waals surface area contributed by atoms with Gasteiger partial charge in [0.25, 0.3) is 0 Å². The molecular weight excluding hydrogens is 110 g/mol. The summed E-state index contributed by atoms with van der Waals surface area (Å²) in [6.45, 7) is 6.06. The van der Waals surface area contributed by atoms with Crippen molar-refractivity contribution in [1.82, 2.24) is 4.99 Å². The maximum atomic E-state index is 3.79. The molecule has 0 atom stereocenters. The van der Waals surface area contributed by atoms with Crippen LogP contribution in [0.4, 0.5) is 0 Å². The van der Waals surface area contributed by atoms with Gasteiger partial charge in [-0.25, -0.2) is 0 Å². The molecule has 0 saturated carbocycles. The van der Waals surface area contributed by atoms with Gasteiger partial charge in [0.2, 0.25) is 0 Å². The summed E-state index contributed by atoms with van der Waals surface area (Å²) >= 11 is 0. The fraction of sp³-hybridized carbons (Fsp3) is 0.375. The molecule has 0 bridgehead atoms. The van der Waals surface area contributed by atoms with Crippen LogP contribution < -0.4 is 4.99 Å². The number of hydrogen-bond acceptors (Lipinski definition) is 1. The van der Waals surface area contributed by atoms with Gasteiger partial charge in [-0.1, -0.05) is 0 Å². The van der Waals surface area contributed by atoms with Crippen LogP contribution in [-0.2, 0) is 0 Å². The van der Waals surface area contributed by atoms with Crippen molar-refractivity contribution in [3.63, 3.8) is 0 Å². The van der Waals surface area contributed by atoms with Gasteiger partial charge in [-0.2, -0.15) is 0 Å². The number of rotatable bonds is 0. The monoisotopic (exact) mass is 119 g/mol. The molecule has 0 N–H and O–H groups in total. The fourth-order valence-electron chi connectivity index (χ4n) is 0.645. The van der Waals surface area contributed by atoms with Crippen molar-refractivity contribution in [3.8, 4) is 0 Å². The minimum atomic E-state index is 1.12. The summed E-state index contributed by atoms with van der Waals surface area (Å²) < 4.78 is 0. The summed E-state index contributed by atoms with van der Waals surface area (Å²) in [5, 5.41) is 0. The predicted molar refractivity (Wildman–Crippen MR) is 37.9 cm³/mol. The molecule has 0 aliphatic carbocycles. The van der Waals surface area contributed by atoms with E-state index in [0.29, 0.717) is 0 Å². The highest BCUT2D eigenvalue weighted by Gasteiger charge is 2.11. The molecule has 1 aliphatic heterocycles. The second-order valence-corrected chi connectivity index (χ2v) is 2.21. The van der Waals surface area contributed by atoms with E-state index >= 15 is 0 Å². The molecule has 1 heterocycles. The largest absolute Gasteiger partial charge is 0.359 e. The third kappa shape index (κ3) is 1.10. The van der Waals surface area contributed by atoms with Crippen LogP contribution in [0.5, 0.6) is 0 Å². The van der Waals surface area contributed by atoms with Crippen molar-refractivity contribution in [3.05, 3.63) is 22.9 Å². The molecule has 1 aliphatic rings. The molecule has 0 amide bonds. The second-order valence-electron chi connectivity index (χ2n) is 2.21. The van der Waals surface area contributed by atoms with E-state index in [1.165, 1.54) is 5.57 Å². The van der Waals surface area contributed by atoms with Gasteiger partial charge in [0, 0.05) is 11.1 Å². The summed E-state index contributed by atoms with van der Waals surface area (Å²) in [5.41, 5.74) is 3.47. The number of hydrogen-bond donors (Lipinski definition) is 0. The summed E-state index contributed by atoms with van der Waals surface area (Å²) in [6, 6.07) is 0. The lowest BCUT2D eigenvalue weighted by Gasteiger charge is -1.96. The predicted octanol–water partition coefficient (Wildman–Crippen LogP) is 1.33. The minimum Gasteiger partial charge on any atom is -0.0387 e. The van der Waals surface area contributed by atoms with Gasteiger partial charge >= 0.3 is 12.4 Å². The molecule has 9 heavy (non-hydrogen) atoms. The maximum Gasteiger partial charge on any atom is 0.359 e. The van der Waals surface area contributed by atoms with Crippen LogP contribution in [0, 0.1) is 6.20 Å². The van der Waals surface area contributed by atoms with Gasteiger partial charge in [0.1, 0.15) is 0 Å². The molecule has 0 fully saturated rings. The minimum absolute atomic E-state index is 1.12. The van der Waals surface area contributed by atoms with Crippen LogP contribution in [0.2, 0.25) is 0 Å². The molecule has 45 valence electrons. The van der Waals surface area contributed by atoms with Gasteiger partial charge in [-0.15, -0.1) is 0 Å². The van der Waals surface area contributed by atoms with Crippen LogP contribution in [0.3, 0.4) is 0 Å². The van der Waals surface area contributed by atoms with E-state index in [1.54, 1.807) is 0 Å². The highest BCUT2D eigenvalue weighted by atomic mass is 14.7. The molecule has 0 saturated heterocycles. The first-order valence-corrected chi connectivity index (χ1v) is 2.95. The van der Waals surface area contributed by atoms with Crippen LogP contribution in [0.15, 0.2) is 16.7 Å². The summed E-state index contributed by atoms with van der Waals surface area (Å²) in [6.07, 6.45) is 5.67. The van der Waals surface area contributed by atoms with Crippen molar-refractivity contribution >= 4 is 6.21 Å². The first-order chi connectivity index (χ1) is 4.22. The van der Waals surface area contributed by atoms with E-state index in [1.807, 2.05) is 13.8 Å². The van der Waals surface area contributed by atoms with Gasteiger partial charge in [-0.05, 0) is 26.3 Å². The van der Waals surface area contributed by atoms with Crippen LogP contribution in [-0.4, -0.2) is 6.21 Å². The lowest BCUT2D eigenvalue weighted by molar-refractivity contribution is 1.17. The fourth-order valence-corrected chi connectivity index (χ4v) is 0.645. The second kappa shape index (κ2) is 2.18. The quantitative estimate of drug-likeness (QED) is 0.456. The Bertz CT molecular complexity index is 207. The Balaban J connectivity index is 3.06. The zero-order valence-electron chi connectivity index (χ0n) is 5.95. The van der Waals surface area contributed by atoms with E-state index in [2.05, 4.69) is 24.3 Å². The lowest BCUT2D eigenvalue weighted by Crippen LogP contribution is -1.99. The number of aliphatic imine (C=N–C) groups is 1. The highest BCUT2D eigenvalue weighted by Crippen LogP contribution is 2.12. The molecule has 0 aromatic rings. The first-order valence-electron chi connectivity index (χ1n) is 2.95. The molecular formula is C8H9N+. The Morgan fingerprint density at radius 2 is 1.89 bits per heavy atom. The Morgan fingerprint density at radius 1 is 1.22 bits per heavy atom. The molecule has 1 rings (SSSR count). The van der Waals surface area contributed by atoms with Crippen molar-refractivity contribution in [2.75, 3.05) is 0 Å². The van der Waals surface area contributed by atoms with Gasteiger partial charge < -0.3 is 0 Å². The molecule has 0 spiro atoms. The average molecular weight is 119 g/mol. The molecule has 1 nitrogen and oxygen atoms in total. The Hall–Kier alpha value is -0.850. The molecule has 1 heteroatoms. The smallest absolute Gasteiger partial charge is 0.0387 e. The maximum absolute atomic E-state index is 3.79. The van der Waals surface area contributed by atoms with Gasteiger partial charge in [-0.3, -0.25) is 0 Å². The highest BCUT2D eigenvalue weighted by molar-refractivity contribution is 5.80.